The Balaban J connectivity index is 1.26. The van der Waals surface area contributed by atoms with Gasteiger partial charge in [0, 0.05) is 55.6 Å². The van der Waals surface area contributed by atoms with Gasteiger partial charge >= 0.3 is 0 Å². The fourth-order valence-electron chi connectivity index (χ4n) is 6.03. The molecule has 7 rings (SSSR count). The molecule has 3 aliphatic rings. The number of fused-ring (bicyclic) bond motifs is 5. The zero-order chi connectivity index (χ0) is 22.9. The van der Waals surface area contributed by atoms with Crippen LogP contribution in [0.2, 0.25) is 0 Å². The van der Waals surface area contributed by atoms with Crippen molar-refractivity contribution >= 4 is 5.69 Å². The summed E-state index contributed by atoms with van der Waals surface area (Å²) in [5.41, 5.74) is 7.79. The SMILES string of the molecule is CN1CC2(CCN(c3ccc4c(c3)Cn3cc(-c5ccc(C#N)cc5)cc3-c3nnnn3-4)C2)C1. The maximum Gasteiger partial charge on any atom is 0.203 e. The number of rotatable bonds is 2. The van der Waals surface area contributed by atoms with Crippen LogP contribution >= 0.6 is 0 Å². The summed E-state index contributed by atoms with van der Waals surface area (Å²) in [5, 5.41) is 21.8. The van der Waals surface area contributed by atoms with Crippen LogP contribution < -0.4 is 4.90 Å². The molecule has 0 unspecified atom stereocenters. The molecular weight excluding hydrogens is 424 g/mol. The van der Waals surface area contributed by atoms with Gasteiger partial charge in [-0.15, -0.1) is 5.10 Å². The van der Waals surface area contributed by atoms with Crippen molar-refractivity contribution in [2.45, 2.75) is 13.0 Å². The van der Waals surface area contributed by atoms with E-state index in [-0.39, 0.29) is 0 Å². The lowest BCUT2D eigenvalue weighted by atomic mass is 9.79. The van der Waals surface area contributed by atoms with Gasteiger partial charge in [-0.3, -0.25) is 0 Å². The zero-order valence-corrected chi connectivity index (χ0v) is 19.0. The molecule has 0 atom stereocenters. The molecule has 0 bridgehead atoms. The Morgan fingerprint density at radius 1 is 1.00 bits per heavy atom. The number of likely N-dealkylation sites (tertiary alicyclic amines) is 1. The van der Waals surface area contributed by atoms with Crippen LogP contribution in [0.25, 0.3) is 28.3 Å². The van der Waals surface area contributed by atoms with E-state index in [1.165, 1.54) is 30.8 Å². The predicted molar refractivity (Wildman–Crippen MR) is 129 cm³/mol. The van der Waals surface area contributed by atoms with Crippen LogP contribution in [0.4, 0.5) is 5.69 Å². The summed E-state index contributed by atoms with van der Waals surface area (Å²) in [4.78, 5) is 4.95. The Morgan fingerprint density at radius 3 is 2.65 bits per heavy atom. The number of tetrazole rings is 1. The average molecular weight is 449 g/mol. The Kier molecular flexibility index (Phi) is 4.03. The van der Waals surface area contributed by atoms with E-state index in [4.69, 9.17) is 5.26 Å². The fraction of sp³-hybridized carbons (Fsp3) is 0.308. The second-order valence-electron chi connectivity index (χ2n) is 10.0. The number of nitrogens with zero attached hydrogens (tertiary/aromatic N) is 8. The van der Waals surface area contributed by atoms with Gasteiger partial charge < -0.3 is 14.4 Å². The van der Waals surface area contributed by atoms with Crippen LogP contribution in [-0.2, 0) is 6.54 Å². The fourth-order valence-corrected chi connectivity index (χ4v) is 6.03. The number of nitriles is 1. The van der Waals surface area contributed by atoms with Crippen molar-refractivity contribution in [1.82, 2.24) is 29.7 Å². The highest BCUT2D eigenvalue weighted by molar-refractivity contribution is 5.72. The van der Waals surface area contributed by atoms with Crippen molar-refractivity contribution < 1.29 is 0 Å². The molecule has 8 heteroatoms. The van der Waals surface area contributed by atoms with Crippen molar-refractivity contribution in [2.24, 2.45) is 5.41 Å². The lowest BCUT2D eigenvalue weighted by molar-refractivity contribution is 0.0424. The Labute approximate surface area is 197 Å². The van der Waals surface area contributed by atoms with Gasteiger partial charge in [0.1, 0.15) is 0 Å². The summed E-state index contributed by atoms with van der Waals surface area (Å²) in [5.74, 6) is 0.740. The normalized spacial score (nSPS) is 18.1. The highest BCUT2D eigenvalue weighted by atomic mass is 15.5. The smallest absolute Gasteiger partial charge is 0.203 e. The van der Waals surface area contributed by atoms with E-state index in [2.05, 4.69) is 73.5 Å². The predicted octanol–water partition coefficient (Wildman–Crippen LogP) is 3.17. The maximum absolute atomic E-state index is 9.12. The zero-order valence-electron chi connectivity index (χ0n) is 19.0. The molecule has 34 heavy (non-hydrogen) atoms. The van der Waals surface area contributed by atoms with Gasteiger partial charge in [0.15, 0.2) is 0 Å². The molecule has 0 saturated carbocycles. The number of benzene rings is 2. The van der Waals surface area contributed by atoms with Crippen molar-refractivity contribution in [3.05, 3.63) is 65.9 Å². The van der Waals surface area contributed by atoms with Gasteiger partial charge in [0.2, 0.25) is 5.82 Å². The second-order valence-corrected chi connectivity index (χ2v) is 10.0. The highest BCUT2D eigenvalue weighted by Crippen LogP contribution is 2.41. The third-order valence-electron chi connectivity index (χ3n) is 7.59. The maximum atomic E-state index is 9.12. The third kappa shape index (κ3) is 2.90. The molecule has 2 fully saturated rings. The van der Waals surface area contributed by atoms with Gasteiger partial charge in [-0.05, 0) is 71.4 Å². The molecule has 0 radical (unpaired) electrons. The number of aromatic nitrogens is 5. The average Bonchev–Trinajstić information content (AvgIpc) is 3.56. The van der Waals surface area contributed by atoms with Crippen molar-refractivity contribution in [2.75, 3.05) is 38.1 Å². The highest BCUT2D eigenvalue weighted by Gasteiger charge is 2.46. The van der Waals surface area contributed by atoms with Gasteiger partial charge in [0.05, 0.1) is 23.0 Å². The molecule has 5 heterocycles. The largest absolute Gasteiger partial charge is 0.371 e. The van der Waals surface area contributed by atoms with E-state index in [9.17, 15) is 0 Å². The molecule has 2 saturated heterocycles. The molecule has 0 aliphatic carbocycles. The quantitative estimate of drug-likeness (QED) is 0.413. The molecule has 4 aromatic rings. The lowest BCUT2D eigenvalue weighted by Crippen LogP contribution is -2.55. The Morgan fingerprint density at radius 2 is 1.85 bits per heavy atom. The summed E-state index contributed by atoms with van der Waals surface area (Å²) in [6, 6.07) is 18.7. The van der Waals surface area contributed by atoms with E-state index in [0.29, 0.717) is 11.0 Å². The number of anilines is 1. The van der Waals surface area contributed by atoms with Gasteiger partial charge in [0.25, 0.3) is 0 Å². The van der Waals surface area contributed by atoms with E-state index in [1.54, 1.807) is 0 Å². The minimum Gasteiger partial charge on any atom is -0.371 e. The van der Waals surface area contributed by atoms with Crippen LogP contribution in [0, 0.1) is 16.7 Å². The summed E-state index contributed by atoms with van der Waals surface area (Å²) in [6.45, 7) is 5.38. The number of hydrogen-bond donors (Lipinski definition) is 0. The number of hydrogen-bond acceptors (Lipinski definition) is 6. The van der Waals surface area contributed by atoms with Crippen LogP contribution in [0.1, 0.15) is 17.5 Å². The molecule has 0 N–H and O–H groups in total. The Hall–Kier alpha value is -3.96. The summed E-state index contributed by atoms with van der Waals surface area (Å²) in [6.07, 6.45) is 3.42. The topological polar surface area (TPSA) is 78.8 Å². The minimum atomic E-state index is 0.466. The van der Waals surface area contributed by atoms with Crippen LogP contribution in [-0.4, -0.2) is 62.9 Å². The van der Waals surface area contributed by atoms with Gasteiger partial charge in [-0.1, -0.05) is 12.1 Å². The Bertz CT molecular complexity index is 1450. The first-order valence-corrected chi connectivity index (χ1v) is 11.7. The van der Waals surface area contributed by atoms with E-state index in [0.717, 1.165) is 48.0 Å². The molecule has 2 aromatic heterocycles. The van der Waals surface area contributed by atoms with Gasteiger partial charge in [-0.2, -0.15) is 9.94 Å². The monoisotopic (exact) mass is 448 g/mol. The van der Waals surface area contributed by atoms with Crippen molar-refractivity contribution in [3.63, 3.8) is 0 Å². The van der Waals surface area contributed by atoms with Crippen LogP contribution in [0.3, 0.4) is 0 Å². The standard InChI is InChI=1S/C26H24N8/c1-31-15-26(16-31)8-9-32(17-26)22-6-7-23-21(10-22)14-33-13-20(19-4-2-18(12-27)3-5-19)11-24(33)25-28-29-30-34(23)25/h2-7,10-11,13H,8-9,14-17H2,1H3. The minimum absolute atomic E-state index is 0.466. The molecule has 168 valence electrons. The van der Waals surface area contributed by atoms with Crippen LogP contribution in [0.5, 0.6) is 0 Å². The van der Waals surface area contributed by atoms with Gasteiger partial charge in [-0.25, -0.2) is 0 Å². The molecular formula is C26H24N8. The van der Waals surface area contributed by atoms with Crippen LogP contribution in [0.15, 0.2) is 54.7 Å². The summed E-state index contributed by atoms with van der Waals surface area (Å²) < 4.78 is 4.09. The molecule has 2 aromatic carbocycles. The third-order valence-corrected chi connectivity index (χ3v) is 7.59. The van der Waals surface area contributed by atoms with Crippen molar-refractivity contribution in [1.29, 1.82) is 5.26 Å². The second kappa shape index (κ2) is 7.02. The first-order chi connectivity index (χ1) is 16.6. The molecule has 1 spiro atoms. The summed E-state index contributed by atoms with van der Waals surface area (Å²) >= 11 is 0. The first-order valence-electron chi connectivity index (χ1n) is 11.7. The van der Waals surface area contributed by atoms with Crippen molar-refractivity contribution in [3.8, 4) is 34.4 Å². The first kappa shape index (κ1) is 19.5. The molecule has 0 amide bonds. The molecule has 8 nitrogen and oxygen atoms in total. The lowest BCUT2D eigenvalue weighted by Gasteiger charge is -2.46. The van der Waals surface area contributed by atoms with E-state index in [1.807, 2.05) is 28.9 Å². The van der Waals surface area contributed by atoms with E-state index < -0.39 is 0 Å². The van der Waals surface area contributed by atoms with E-state index >= 15 is 0 Å². The molecule has 3 aliphatic heterocycles. The summed E-state index contributed by atoms with van der Waals surface area (Å²) in [7, 11) is 2.21.